The number of ether oxygens (including phenoxy) is 1. The molecule has 2 aromatic rings. The van der Waals surface area contributed by atoms with E-state index in [-0.39, 0.29) is 11.7 Å². The predicted molar refractivity (Wildman–Crippen MR) is 62.4 cm³/mol. The van der Waals surface area contributed by atoms with Gasteiger partial charge in [0.2, 0.25) is 0 Å². The molecule has 17 heavy (non-hydrogen) atoms. The average Bonchev–Trinajstić information content (AvgIpc) is 2.86. The van der Waals surface area contributed by atoms with Crippen LogP contribution in [0.15, 0.2) is 47.1 Å². The monoisotopic (exact) mass is 235 g/mol. The number of nitrogens with two attached hydrogens (primary N) is 1. The first-order valence-corrected chi connectivity index (χ1v) is 5.41. The highest BCUT2D eigenvalue weighted by Gasteiger charge is 2.13. The molecule has 2 rings (SSSR count). The molecule has 1 heterocycles. The lowest BCUT2D eigenvalue weighted by Gasteiger charge is -2.13. The summed E-state index contributed by atoms with van der Waals surface area (Å²) in [4.78, 5) is 0. The van der Waals surface area contributed by atoms with Gasteiger partial charge in [0.1, 0.15) is 17.3 Å². The first-order chi connectivity index (χ1) is 8.29. The fraction of sp³-hybridized carbons (Fsp3) is 0.231. The zero-order chi connectivity index (χ0) is 12.1. The highest BCUT2D eigenvalue weighted by atomic mass is 19.1. The molecule has 0 saturated carbocycles. The fourth-order valence-electron chi connectivity index (χ4n) is 1.52. The Labute approximate surface area is 99.0 Å². The number of hydrogen-bond donors (Lipinski definition) is 1. The normalized spacial score (nSPS) is 12.4. The van der Waals surface area contributed by atoms with Crippen LogP contribution in [0.2, 0.25) is 0 Å². The van der Waals surface area contributed by atoms with E-state index >= 15 is 0 Å². The van der Waals surface area contributed by atoms with Crippen molar-refractivity contribution in [2.24, 2.45) is 5.73 Å². The molecule has 0 radical (unpaired) electrons. The van der Waals surface area contributed by atoms with Gasteiger partial charge in [-0.25, -0.2) is 4.39 Å². The number of benzene rings is 1. The van der Waals surface area contributed by atoms with Crippen LogP contribution >= 0.6 is 0 Å². The van der Waals surface area contributed by atoms with Gasteiger partial charge in [-0.1, -0.05) is 0 Å². The van der Waals surface area contributed by atoms with Crippen LogP contribution in [0.25, 0.3) is 0 Å². The molecule has 0 aliphatic rings. The van der Waals surface area contributed by atoms with Crippen LogP contribution in [0, 0.1) is 5.82 Å². The van der Waals surface area contributed by atoms with Gasteiger partial charge in [0.15, 0.2) is 0 Å². The Kier molecular flexibility index (Phi) is 3.77. The van der Waals surface area contributed by atoms with Crippen molar-refractivity contribution in [3.05, 3.63) is 54.2 Å². The molecule has 0 aliphatic carbocycles. The van der Waals surface area contributed by atoms with E-state index in [1.54, 1.807) is 18.4 Å². The Morgan fingerprint density at radius 3 is 2.59 bits per heavy atom. The molecule has 0 spiro atoms. The molecule has 1 unspecified atom stereocenters. The average molecular weight is 235 g/mol. The Hall–Kier alpha value is -1.81. The van der Waals surface area contributed by atoms with Gasteiger partial charge in [-0.3, -0.25) is 0 Å². The Balaban J connectivity index is 1.94. The molecular weight excluding hydrogens is 221 g/mol. The molecule has 4 heteroatoms. The van der Waals surface area contributed by atoms with E-state index in [1.807, 2.05) is 12.1 Å². The van der Waals surface area contributed by atoms with Gasteiger partial charge in [0.25, 0.3) is 0 Å². The summed E-state index contributed by atoms with van der Waals surface area (Å²) in [5, 5.41) is 0. The summed E-state index contributed by atoms with van der Waals surface area (Å²) in [6.45, 7) is 0.852. The van der Waals surface area contributed by atoms with Crippen molar-refractivity contribution in [2.45, 2.75) is 5.92 Å². The van der Waals surface area contributed by atoms with Gasteiger partial charge in [0, 0.05) is 6.54 Å². The second-order valence-corrected chi connectivity index (χ2v) is 3.71. The summed E-state index contributed by atoms with van der Waals surface area (Å²) < 4.78 is 23.5. The Morgan fingerprint density at radius 1 is 1.24 bits per heavy atom. The largest absolute Gasteiger partial charge is 0.493 e. The van der Waals surface area contributed by atoms with Crippen molar-refractivity contribution in [2.75, 3.05) is 13.2 Å². The maximum absolute atomic E-state index is 12.7. The third-order valence-corrected chi connectivity index (χ3v) is 2.49. The summed E-state index contributed by atoms with van der Waals surface area (Å²) in [6.07, 6.45) is 1.61. The van der Waals surface area contributed by atoms with Crippen molar-refractivity contribution in [1.29, 1.82) is 0 Å². The van der Waals surface area contributed by atoms with Gasteiger partial charge in [-0.2, -0.15) is 0 Å². The molecule has 0 amide bonds. The number of furan rings is 1. The quantitative estimate of drug-likeness (QED) is 0.866. The van der Waals surface area contributed by atoms with E-state index in [0.29, 0.717) is 18.9 Å². The minimum Gasteiger partial charge on any atom is -0.493 e. The van der Waals surface area contributed by atoms with Gasteiger partial charge in [-0.05, 0) is 36.4 Å². The van der Waals surface area contributed by atoms with E-state index in [2.05, 4.69) is 0 Å². The lowest BCUT2D eigenvalue weighted by Crippen LogP contribution is -2.19. The molecule has 1 atom stereocenters. The van der Waals surface area contributed by atoms with Gasteiger partial charge < -0.3 is 14.9 Å². The first kappa shape index (κ1) is 11.7. The van der Waals surface area contributed by atoms with Gasteiger partial charge in [0.05, 0.1) is 18.8 Å². The van der Waals surface area contributed by atoms with Crippen molar-refractivity contribution >= 4 is 0 Å². The van der Waals surface area contributed by atoms with Crippen LogP contribution in [-0.4, -0.2) is 13.2 Å². The topological polar surface area (TPSA) is 48.4 Å². The summed E-state index contributed by atoms with van der Waals surface area (Å²) in [6, 6.07) is 9.58. The highest BCUT2D eigenvalue weighted by molar-refractivity contribution is 5.22. The maximum atomic E-state index is 12.7. The molecule has 0 aliphatic heterocycles. The highest BCUT2D eigenvalue weighted by Crippen LogP contribution is 2.18. The van der Waals surface area contributed by atoms with Crippen molar-refractivity contribution in [3.63, 3.8) is 0 Å². The standard InChI is InChI=1S/C13H14FNO2/c14-11-3-5-12(6-4-11)17-9-10(8-15)13-2-1-7-16-13/h1-7,10H,8-9,15H2. The van der Waals surface area contributed by atoms with Crippen LogP contribution in [-0.2, 0) is 0 Å². The van der Waals surface area contributed by atoms with Gasteiger partial charge in [-0.15, -0.1) is 0 Å². The second-order valence-electron chi connectivity index (χ2n) is 3.71. The third kappa shape index (κ3) is 3.07. The first-order valence-electron chi connectivity index (χ1n) is 5.41. The minimum atomic E-state index is -0.279. The van der Waals surface area contributed by atoms with E-state index < -0.39 is 0 Å². The lowest BCUT2D eigenvalue weighted by molar-refractivity contribution is 0.272. The molecule has 2 N–H and O–H groups in total. The molecule has 1 aromatic carbocycles. The zero-order valence-electron chi connectivity index (χ0n) is 9.30. The molecule has 3 nitrogen and oxygen atoms in total. The van der Waals surface area contributed by atoms with Crippen molar-refractivity contribution in [1.82, 2.24) is 0 Å². The number of hydrogen-bond acceptors (Lipinski definition) is 3. The summed E-state index contributed by atoms with van der Waals surface area (Å²) in [7, 11) is 0. The molecule has 90 valence electrons. The van der Waals surface area contributed by atoms with Crippen molar-refractivity contribution < 1.29 is 13.5 Å². The number of rotatable bonds is 5. The van der Waals surface area contributed by atoms with E-state index in [9.17, 15) is 4.39 Å². The number of halogens is 1. The van der Waals surface area contributed by atoms with E-state index in [1.165, 1.54) is 12.1 Å². The van der Waals surface area contributed by atoms with Gasteiger partial charge >= 0.3 is 0 Å². The Bertz CT molecular complexity index is 439. The molecule has 0 fully saturated rings. The zero-order valence-corrected chi connectivity index (χ0v) is 9.30. The molecule has 0 bridgehead atoms. The predicted octanol–water partition coefficient (Wildman–Crippen LogP) is 2.54. The SMILES string of the molecule is NCC(COc1ccc(F)cc1)c1ccco1. The summed E-state index contributed by atoms with van der Waals surface area (Å²) in [5.41, 5.74) is 5.65. The molecule has 0 saturated heterocycles. The van der Waals surface area contributed by atoms with E-state index in [4.69, 9.17) is 14.9 Å². The van der Waals surface area contributed by atoms with Crippen LogP contribution in [0.4, 0.5) is 4.39 Å². The van der Waals surface area contributed by atoms with Crippen LogP contribution < -0.4 is 10.5 Å². The Morgan fingerprint density at radius 2 is 2.00 bits per heavy atom. The fourth-order valence-corrected chi connectivity index (χ4v) is 1.52. The van der Waals surface area contributed by atoms with Crippen molar-refractivity contribution in [3.8, 4) is 5.75 Å². The molecule has 1 aromatic heterocycles. The summed E-state index contributed by atoms with van der Waals surface area (Å²) >= 11 is 0. The minimum absolute atomic E-state index is 0.00931. The van der Waals surface area contributed by atoms with Crippen LogP contribution in [0.3, 0.4) is 0 Å². The second kappa shape index (κ2) is 5.50. The van der Waals surface area contributed by atoms with Crippen LogP contribution in [0.1, 0.15) is 11.7 Å². The maximum Gasteiger partial charge on any atom is 0.123 e. The third-order valence-electron chi connectivity index (χ3n) is 2.49. The smallest absolute Gasteiger partial charge is 0.123 e. The summed E-state index contributed by atoms with van der Waals surface area (Å²) in [5.74, 6) is 1.15. The molecular formula is C13H14FNO2. The van der Waals surface area contributed by atoms with E-state index in [0.717, 1.165) is 5.76 Å². The van der Waals surface area contributed by atoms with Crippen LogP contribution in [0.5, 0.6) is 5.75 Å². The lowest BCUT2D eigenvalue weighted by atomic mass is 10.1.